The van der Waals surface area contributed by atoms with E-state index in [9.17, 15) is 0 Å². The standard InChI is InChI=1S/C56H34N4/c1-3-18-35(19-4-1)37-22-17-23-38(34-37)59-47-32-15-12-29-44(47)51-49-41-26-9-7-24-39(41)40-25-8-10-27-42(40)50(49)52-45-30-13-16-33-48(45)60(55(52)54(51)59)56-57-46-31-14-11-28-43(46)53(58-56)36-20-5-2-6-21-36/h1-34H. The molecule has 0 unspecified atom stereocenters. The van der Waals surface area contributed by atoms with Crippen LogP contribution in [0.25, 0.3) is 121 Å². The molecule has 0 aliphatic rings. The van der Waals surface area contributed by atoms with E-state index in [1.165, 1.54) is 59.6 Å². The van der Waals surface area contributed by atoms with Crippen molar-refractivity contribution in [3.05, 3.63) is 206 Å². The molecule has 0 atom stereocenters. The van der Waals surface area contributed by atoms with Gasteiger partial charge in [0.2, 0.25) is 5.95 Å². The minimum Gasteiger partial charge on any atom is -0.307 e. The molecule has 0 saturated carbocycles. The lowest BCUT2D eigenvalue weighted by atomic mass is 9.89. The minimum absolute atomic E-state index is 0.638. The SMILES string of the molecule is c1ccc(-c2cccc(-n3c4ccccc4c4c5c6ccccc6c6ccccc6c5c5c6ccccc6n(-c6nc(-c7ccccc7)c7ccccc7n6)c5c43)c2)cc1. The number of nitrogens with zero attached hydrogens (tertiary/aromatic N) is 4. The molecule has 0 radical (unpaired) electrons. The molecule has 60 heavy (non-hydrogen) atoms. The van der Waals surface area contributed by atoms with Crippen molar-refractivity contribution in [2.24, 2.45) is 0 Å². The van der Waals surface area contributed by atoms with Crippen molar-refractivity contribution in [2.75, 3.05) is 0 Å². The molecular weight excluding hydrogens is 729 g/mol. The van der Waals surface area contributed by atoms with Crippen LogP contribution in [-0.2, 0) is 0 Å². The van der Waals surface area contributed by atoms with Gasteiger partial charge in [-0.3, -0.25) is 4.57 Å². The average Bonchev–Trinajstić information content (AvgIpc) is 3.85. The molecule has 0 N–H and O–H groups in total. The summed E-state index contributed by atoms with van der Waals surface area (Å²) in [5, 5.41) is 13.2. The number of rotatable bonds is 4. The quantitative estimate of drug-likeness (QED) is 0.167. The Morgan fingerprint density at radius 1 is 0.300 bits per heavy atom. The fraction of sp³-hybridized carbons (Fsp3) is 0. The van der Waals surface area contributed by atoms with Gasteiger partial charge in [0.25, 0.3) is 0 Å². The van der Waals surface area contributed by atoms with E-state index >= 15 is 0 Å². The van der Waals surface area contributed by atoms with E-state index < -0.39 is 0 Å². The van der Waals surface area contributed by atoms with Crippen molar-refractivity contribution in [1.82, 2.24) is 19.1 Å². The van der Waals surface area contributed by atoms with Crippen LogP contribution in [0.2, 0.25) is 0 Å². The molecule has 278 valence electrons. The monoisotopic (exact) mass is 762 g/mol. The molecule has 13 aromatic rings. The van der Waals surface area contributed by atoms with E-state index in [1.54, 1.807) is 0 Å². The topological polar surface area (TPSA) is 35.6 Å². The highest BCUT2D eigenvalue weighted by Gasteiger charge is 2.28. The average molecular weight is 763 g/mol. The van der Waals surface area contributed by atoms with Crippen molar-refractivity contribution < 1.29 is 0 Å². The van der Waals surface area contributed by atoms with Crippen molar-refractivity contribution in [2.45, 2.75) is 0 Å². The first-order chi connectivity index (χ1) is 29.8. The predicted molar refractivity (Wildman–Crippen MR) is 252 cm³/mol. The molecule has 13 rings (SSSR count). The molecule has 0 saturated heterocycles. The third-order valence-corrected chi connectivity index (χ3v) is 12.5. The molecule has 0 amide bonds. The second-order valence-electron chi connectivity index (χ2n) is 15.7. The summed E-state index contributed by atoms with van der Waals surface area (Å²) in [5.41, 5.74) is 10.7. The Labute approximate surface area is 344 Å². The predicted octanol–water partition coefficient (Wildman–Crippen LogP) is 14.6. The molecule has 0 fully saturated rings. The summed E-state index contributed by atoms with van der Waals surface area (Å²) in [4.78, 5) is 11.0. The zero-order valence-electron chi connectivity index (χ0n) is 32.4. The van der Waals surface area contributed by atoms with Crippen molar-refractivity contribution in [3.63, 3.8) is 0 Å². The first kappa shape index (κ1) is 32.9. The number of hydrogen-bond acceptors (Lipinski definition) is 2. The summed E-state index contributed by atoms with van der Waals surface area (Å²) in [6.07, 6.45) is 0. The van der Waals surface area contributed by atoms with Gasteiger partial charge in [-0.05, 0) is 63.0 Å². The lowest BCUT2D eigenvalue weighted by Gasteiger charge is -2.17. The second kappa shape index (κ2) is 12.7. The van der Waals surface area contributed by atoms with Gasteiger partial charge in [0.05, 0.1) is 33.3 Å². The molecule has 0 aliphatic carbocycles. The van der Waals surface area contributed by atoms with Gasteiger partial charge in [-0.15, -0.1) is 0 Å². The molecule has 4 nitrogen and oxygen atoms in total. The lowest BCUT2D eigenvalue weighted by Crippen LogP contribution is -2.05. The Balaban J connectivity index is 1.33. The zero-order chi connectivity index (χ0) is 39.3. The Hall–Kier alpha value is -8.08. The van der Waals surface area contributed by atoms with Crippen LogP contribution in [0.1, 0.15) is 0 Å². The normalized spacial score (nSPS) is 12.0. The van der Waals surface area contributed by atoms with Crippen LogP contribution in [0.15, 0.2) is 206 Å². The number of benzene rings is 10. The minimum atomic E-state index is 0.638. The number of hydrogen-bond donors (Lipinski definition) is 0. The molecule has 0 bridgehead atoms. The third-order valence-electron chi connectivity index (χ3n) is 12.5. The molecule has 3 aromatic heterocycles. The maximum Gasteiger partial charge on any atom is 0.235 e. The molecule has 10 aromatic carbocycles. The van der Waals surface area contributed by atoms with Crippen LogP contribution < -0.4 is 0 Å². The van der Waals surface area contributed by atoms with Crippen LogP contribution in [0.5, 0.6) is 0 Å². The summed E-state index contributed by atoms with van der Waals surface area (Å²) in [6, 6.07) is 74.2. The number of aromatic nitrogens is 4. The zero-order valence-corrected chi connectivity index (χ0v) is 32.4. The van der Waals surface area contributed by atoms with Crippen molar-refractivity contribution in [1.29, 1.82) is 0 Å². The summed E-state index contributed by atoms with van der Waals surface area (Å²) in [5.74, 6) is 0.638. The summed E-state index contributed by atoms with van der Waals surface area (Å²) in [6.45, 7) is 0. The van der Waals surface area contributed by atoms with Gasteiger partial charge in [-0.1, -0.05) is 176 Å². The summed E-state index contributed by atoms with van der Waals surface area (Å²) in [7, 11) is 0. The third kappa shape index (κ3) is 4.61. The molecule has 0 spiro atoms. The lowest BCUT2D eigenvalue weighted by molar-refractivity contribution is 1.01. The molecular formula is C56H34N4. The summed E-state index contributed by atoms with van der Waals surface area (Å²) >= 11 is 0. The van der Waals surface area contributed by atoms with Crippen molar-refractivity contribution in [3.8, 4) is 34.0 Å². The maximum absolute atomic E-state index is 5.57. The van der Waals surface area contributed by atoms with Gasteiger partial charge in [-0.25, -0.2) is 9.97 Å². The van der Waals surface area contributed by atoms with Gasteiger partial charge >= 0.3 is 0 Å². The van der Waals surface area contributed by atoms with Gasteiger partial charge in [0.1, 0.15) is 0 Å². The molecule has 0 aliphatic heterocycles. The van der Waals surface area contributed by atoms with Gasteiger partial charge < -0.3 is 4.57 Å². The summed E-state index contributed by atoms with van der Waals surface area (Å²) < 4.78 is 4.85. The van der Waals surface area contributed by atoms with Gasteiger partial charge in [-0.2, -0.15) is 0 Å². The first-order valence-corrected chi connectivity index (χ1v) is 20.5. The van der Waals surface area contributed by atoms with Crippen LogP contribution in [0.4, 0.5) is 0 Å². The molecule has 3 heterocycles. The van der Waals surface area contributed by atoms with E-state index in [2.05, 4.69) is 215 Å². The number of fused-ring (bicyclic) bond motifs is 16. The van der Waals surface area contributed by atoms with Crippen molar-refractivity contribution >= 4 is 86.8 Å². The Kier molecular flexibility index (Phi) is 6.98. The Morgan fingerprint density at radius 3 is 1.40 bits per heavy atom. The van der Waals surface area contributed by atoms with Gasteiger partial charge in [0.15, 0.2) is 0 Å². The Bertz CT molecular complexity index is 3880. The highest BCUT2D eigenvalue weighted by atomic mass is 15.2. The van der Waals surface area contributed by atoms with E-state index in [-0.39, 0.29) is 0 Å². The largest absolute Gasteiger partial charge is 0.307 e. The maximum atomic E-state index is 5.57. The van der Waals surface area contributed by atoms with E-state index in [4.69, 9.17) is 9.97 Å². The Morgan fingerprint density at radius 2 is 0.767 bits per heavy atom. The van der Waals surface area contributed by atoms with E-state index in [0.717, 1.165) is 55.3 Å². The van der Waals surface area contributed by atoms with Crippen LogP contribution in [0, 0.1) is 0 Å². The smallest absolute Gasteiger partial charge is 0.235 e. The highest BCUT2D eigenvalue weighted by Crippen LogP contribution is 2.51. The van der Waals surface area contributed by atoms with Crippen LogP contribution >= 0.6 is 0 Å². The first-order valence-electron chi connectivity index (χ1n) is 20.5. The van der Waals surface area contributed by atoms with Gasteiger partial charge in [0, 0.05) is 49.0 Å². The fourth-order valence-electron chi connectivity index (χ4n) is 10.0. The second-order valence-corrected chi connectivity index (χ2v) is 15.7. The van der Waals surface area contributed by atoms with Crippen LogP contribution in [-0.4, -0.2) is 19.1 Å². The molecule has 4 heteroatoms. The van der Waals surface area contributed by atoms with Crippen LogP contribution in [0.3, 0.4) is 0 Å². The fourth-order valence-corrected chi connectivity index (χ4v) is 10.0. The highest BCUT2D eigenvalue weighted by molar-refractivity contribution is 6.45. The van der Waals surface area contributed by atoms with E-state index in [0.29, 0.717) is 5.95 Å². The number of para-hydroxylation sites is 3. The van der Waals surface area contributed by atoms with E-state index in [1.807, 2.05) is 0 Å².